The number of benzene rings is 2. The number of nitrogens with zero attached hydrogens (tertiary/aromatic N) is 2. The molecule has 2 amide bonds. The molecule has 0 unspecified atom stereocenters. The van der Waals surface area contributed by atoms with Crippen molar-refractivity contribution in [1.29, 1.82) is 0 Å². The number of hydrogen-bond acceptors (Lipinski definition) is 4. The summed E-state index contributed by atoms with van der Waals surface area (Å²) in [5, 5.41) is 3.99. The third kappa shape index (κ3) is 5.08. The summed E-state index contributed by atoms with van der Waals surface area (Å²) in [7, 11) is 0. The fourth-order valence-electron chi connectivity index (χ4n) is 4.34. The quantitative estimate of drug-likeness (QED) is 0.415. The van der Waals surface area contributed by atoms with Gasteiger partial charge in [-0.1, -0.05) is 34.1 Å². The van der Waals surface area contributed by atoms with Gasteiger partial charge in [0.05, 0.1) is 9.88 Å². The Hall–Kier alpha value is -2.58. The summed E-state index contributed by atoms with van der Waals surface area (Å²) in [6.07, 6.45) is 4.95. The zero-order chi connectivity index (χ0) is 23.7. The number of nitrogens with one attached hydrogen (secondary N) is 1. The molecule has 1 aliphatic heterocycles. The second-order valence-electron chi connectivity index (χ2n) is 8.88. The Morgan fingerprint density at radius 3 is 2.65 bits per heavy atom. The second kappa shape index (κ2) is 9.96. The predicted octanol–water partition coefficient (Wildman–Crippen LogP) is 6.01. The van der Waals surface area contributed by atoms with Gasteiger partial charge < -0.3 is 10.2 Å². The van der Waals surface area contributed by atoms with E-state index in [-0.39, 0.29) is 23.7 Å². The highest BCUT2D eigenvalue weighted by Gasteiger charge is 2.34. The molecule has 0 radical (unpaired) electrons. The molecule has 0 spiro atoms. The summed E-state index contributed by atoms with van der Waals surface area (Å²) in [6, 6.07) is 13.4. The normalized spacial score (nSPS) is 18.1. The molecule has 2 aliphatic rings. The van der Waals surface area contributed by atoms with Crippen LogP contribution in [0.15, 0.2) is 53.0 Å². The van der Waals surface area contributed by atoms with Crippen molar-refractivity contribution in [1.82, 2.24) is 15.2 Å². The molecule has 2 aromatic carbocycles. The van der Waals surface area contributed by atoms with Crippen LogP contribution in [-0.2, 0) is 0 Å². The number of amides is 2. The fraction of sp³-hybridized carbons (Fsp3) is 0.346. The summed E-state index contributed by atoms with van der Waals surface area (Å²) in [5.74, 6) is -0.145. The van der Waals surface area contributed by atoms with E-state index in [9.17, 15) is 14.0 Å². The van der Waals surface area contributed by atoms with Crippen LogP contribution in [0.2, 0.25) is 0 Å². The molecule has 2 heterocycles. The first-order valence-corrected chi connectivity index (χ1v) is 13.2. The van der Waals surface area contributed by atoms with E-state index in [0.29, 0.717) is 30.3 Å². The molecule has 34 heavy (non-hydrogen) atoms. The first-order valence-electron chi connectivity index (χ1n) is 11.6. The standard InChI is InChI=1S/C26H25BrFN3O2S/c27-19-5-3-4-18(14-19)24(32)29-15-21-6-1-2-13-31(21)26(33)22-23(16-9-11-20(28)12-10-16)34-25(30-22)17-7-8-17/h3-5,9-12,14,17,21H,1-2,6-8,13,15H2,(H,29,32)/t21-/m0/s1. The zero-order valence-corrected chi connectivity index (χ0v) is 21.0. The summed E-state index contributed by atoms with van der Waals surface area (Å²) in [5.41, 5.74) is 1.84. The lowest BCUT2D eigenvalue weighted by Gasteiger charge is -2.35. The van der Waals surface area contributed by atoms with E-state index in [1.165, 1.54) is 12.1 Å². The minimum atomic E-state index is -0.305. The maximum Gasteiger partial charge on any atom is 0.274 e. The van der Waals surface area contributed by atoms with Crippen LogP contribution in [-0.4, -0.2) is 40.8 Å². The van der Waals surface area contributed by atoms with Crippen LogP contribution in [0.25, 0.3) is 10.4 Å². The Balaban J connectivity index is 1.37. The summed E-state index contributed by atoms with van der Waals surface area (Å²) >= 11 is 4.94. The maximum atomic E-state index is 13.8. The Labute approximate surface area is 210 Å². The van der Waals surface area contributed by atoms with Crippen molar-refractivity contribution in [3.05, 3.63) is 75.1 Å². The second-order valence-corrected chi connectivity index (χ2v) is 10.8. The molecule has 176 valence electrons. The lowest BCUT2D eigenvalue weighted by Crippen LogP contribution is -2.49. The highest BCUT2D eigenvalue weighted by molar-refractivity contribution is 9.10. The topological polar surface area (TPSA) is 62.3 Å². The maximum absolute atomic E-state index is 13.8. The first kappa shape index (κ1) is 23.2. The average molecular weight is 542 g/mol. The number of carbonyl (C=O) groups is 2. The molecule has 1 atom stereocenters. The SMILES string of the molecule is O=C(NC[C@@H]1CCCCN1C(=O)c1nc(C2CC2)sc1-c1ccc(F)cc1)c1cccc(Br)c1. The molecule has 1 aliphatic carbocycles. The Bertz CT molecular complexity index is 1210. The van der Waals surface area contributed by atoms with Crippen LogP contribution in [0.3, 0.4) is 0 Å². The van der Waals surface area contributed by atoms with E-state index in [2.05, 4.69) is 21.2 Å². The van der Waals surface area contributed by atoms with Gasteiger partial charge in [-0.15, -0.1) is 11.3 Å². The van der Waals surface area contributed by atoms with Crippen LogP contribution in [0.1, 0.15) is 63.9 Å². The summed E-state index contributed by atoms with van der Waals surface area (Å²) < 4.78 is 14.4. The number of piperidine rings is 1. The summed E-state index contributed by atoms with van der Waals surface area (Å²) in [4.78, 5) is 33.9. The largest absolute Gasteiger partial charge is 0.350 e. The molecular weight excluding hydrogens is 517 g/mol. The Morgan fingerprint density at radius 1 is 1.12 bits per heavy atom. The van der Waals surface area contributed by atoms with E-state index in [1.54, 1.807) is 35.6 Å². The fourth-order valence-corrected chi connectivity index (χ4v) is 5.97. The summed E-state index contributed by atoms with van der Waals surface area (Å²) in [6.45, 7) is 1.03. The first-order chi connectivity index (χ1) is 16.5. The van der Waals surface area contributed by atoms with Crippen LogP contribution in [0, 0.1) is 5.82 Å². The molecule has 5 rings (SSSR count). The lowest BCUT2D eigenvalue weighted by molar-refractivity contribution is 0.0598. The number of rotatable bonds is 6. The van der Waals surface area contributed by atoms with Gasteiger partial charge in [-0.05, 0) is 68.0 Å². The highest BCUT2D eigenvalue weighted by atomic mass is 79.9. The highest BCUT2D eigenvalue weighted by Crippen LogP contribution is 2.45. The van der Waals surface area contributed by atoms with Crippen molar-refractivity contribution in [2.24, 2.45) is 0 Å². The van der Waals surface area contributed by atoms with Gasteiger partial charge in [-0.25, -0.2) is 9.37 Å². The number of carbonyl (C=O) groups excluding carboxylic acids is 2. The molecule has 1 aromatic heterocycles. The van der Waals surface area contributed by atoms with Gasteiger partial charge >= 0.3 is 0 Å². The van der Waals surface area contributed by atoms with Crippen molar-refractivity contribution in [2.45, 2.75) is 44.1 Å². The molecule has 5 nitrogen and oxygen atoms in total. The van der Waals surface area contributed by atoms with E-state index in [0.717, 1.165) is 52.0 Å². The lowest BCUT2D eigenvalue weighted by atomic mass is 10.0. The van der Waals surface area contributed by atoms with Gasteiger partial charge in [0.15, 0.2) is 0 Å². The molecule has 3 aromatic rings. The predicted molar refractivity (Wildman–Crippen MR) is 135 cm³/mol. The number of likely N-dealkylation sites (tertiary alicyclic amines) is 1. The minimum Gasteiger partial charge on any atom is -0.350 e. The number of aromatic nitrogens is 1. The average Bonchev–Trinajstić information content (AvgIpc) is 3.61. The van der Waals surface area contributed by atoms with Crippen LogP contribution < -0.4 is 5.32 Å². The van der Waals surface area contributed by atoms with E-state index >= 15 is 0 Å². The van der Waals surface area contributed by atoms with E-state index in [4.69, 9.17) is 4.98 Å². The van der Waals surface area contributed by atoms with Crippen molar-refractivity contribution in [3.8, 4) is 10.4 Å². The van der Waals surface area contributed by atoms with Gasteiger partial charge in [0, 0.05) is 35.1 Å². The van der Waals surface area contributed by atoms with Gasteiger partial charge in [0.1, 0.15) is 11.5 Å². The van der Waals surface area contributed by atoms with Crippen molar-refractivity contribution in [3.63, 3.8) is 0 Å². The third-order valence-corrected chi connectivity index (χ3v) is 8.11. The Kier molecular flexibility index (Phi) is 6.79. The van der Waals surface area contributed by atoms with E-state index < -0.39 is 0 Å². The molecular formula is C26H25BrFN3O2S. The van der Waals surface area contributed by atoms with Crippen molar-refractivity contribution in [2.75, 3.05) is 13.1 Å². The Morgan fingerprint density at radius 2 is 1.91 bits per heavy atom. The smallest absolute Gasteiger partial charge is 0.274 e. The van der Waals surface area contributed by atoms with Gasteiger partial charge in [-0.2, -0.15) is 0 Å². The number of hydrogen-bond donors (Lipinski definition) is 1. The van der Waals surface area contributed by atoms with Gasteiger partial charge in [-0.3, -0.25) is 9.59 Å². The van der Waals surface area contributed by atoms with Crippen LogP contribution >= 0.6 is 27.3 Å². The molecule has 1 saturated heterocycles. The zero-order valence-electron chi connectivity index (χ0n) is 18.6. The van der Waals surface area contributed by atoms with Gasteiger partial charge in [0.2, 0.25) is 0 Å². The number of halogens is 2. The molecule has 1 saturated carbocycles. The number of thiazole rings is 1. The van der Waals surface area contributed by atoms with Crippen molar-refractivity contribution >= 4 is 39.1 Å². The molecule has 0 bridgehead atoms. The minimum absolute atomic E-state index is 0.0931. The van der Waals surface area contributed by atoms with Crippen LogP contribution in [0.4, 0.5) is 4.39 Å². The van der Waals surface area contributed by atoms with Crippen molar-refractivity contribution < 1.29 is 14.0 Å². The molecule has 2 fully saturated rings. The molecule has 1 N–H and O–H groups in total. The molecule has 8 heteroatoms. The monoisotopic (exact) mass is 541 g/mol. The van der Waals surface area contributed by atoms with Crippen LogP contribution in [0.5, 0.6) is 0 Å². The van der Waals surface area contributed by atoms with Gasteiger partial charge in [0.25, 0.3) is 11.8 Å². The van der Waals surface area contributed by atoms with E-state index in [1.807, 2.05) is 17.0 Å². The third-order valence-electron chi connectivity index (χ3n) is 6.35.